The molecule has 1 saturated carbocycles. The molecule has 0 unspecified atom stereocenters. The number of amides is 1. The van der Waals surface area contributed by atoms with Gasteiger partial charge in [0.2, 0.25) is 5.91 Å². The molecule has 3 aromatic rings. The third-order valence-electron chi connectivity index (χ3n) is 6.36. The van der Waals surface area contributed by atoms with Crippen LogP contribution in [0.2, 0.25) is 5.02 Å². The summed E-state index contributed by atoms with van der Waals surface area (Å²) in [6.07, 6.45) is 2.97. The first kappa shape index (κ1) is 24.6. The summed E-state index contributed by atoms with van der Waals surface area (Å²) in [6.45, 7) is 1.58. The zero-order chi connectivity index (χ0) is 25.4. The molecule has 1 amide bonds. The zero-order valence-corrected chi connectivity index (χ0v) is 19.7. The first-order chi connectivity index (χ1) is 16.6. The van der Waals surface area contributed by atoms with Crippen LogP contribution in [0.25, 0.3) is 11.0 Å². The van der Waals surface area contributed by atoms with E-state index in [0.717, 1.165) is 6.42 Å². The summed E-state index contributed by atoms with van der Waals surface area (Å²) in [5.74, 6) is -1.19. The van der Waals surface area contributed by atoms with Gasteiger partial charge in [0.1, 0.15) is 29.9 Å². The number of piperidine rings is 1. The van der Waals surface area contributed by atoms with Crippen LogP contribution in [0.4, 0.5) is 10.2 Å². The fourth-order valence-electron chi connectivity index (χ4n) is 4.55. The number of ketones is 1. The van der Waals surface area contributed by atoms with E-state index in [2.05, 4.69) is 4.98 Å². The maximum atomic E-state index is 12.8. The van der Waals surface area contributed by atoms with Crippen molar-refractivity contribution in [1.29, 1.82) is 0 Å². The summed E-state index contributed by atoms with van der Waals surface area (Å²) in [6, 6.07) is 7.37. The Balaban J connectivity index is 0.000000243. The van der Waals surface area contributed by atoms with Crippen LogP contribution < -0.4 is 11.5 Å². The number of Topliss-reactive ketones (excluding diaryl/α,β-unsaturated/α-hetero) is 1. The minimum atomic E-state index is -0.968. The number of hydrogen-bond acceptors (Lipinski definition) is 6. The van der Waals surface area contributed by atoms with Gasteiger partial charge in [0, 0.05) is 35.3 Å². The monoisotopic (exact) mass is 501 g/mol. The SMILES string of the molecule is CC(=O)c1cn(CC(=O)N2[C@@H]3C[C@@H]3C[C@H]2C(=O)O)c2nc(N)ccc12.NCc1cccc(Cl)c1F. The first-order valence-corrected chi connectivity index (χ1v) is 11.4. The first-order valence-electron chi connectivity index (χ1n) is 11.1. The fourth-order valence-corrected chi connectivity index (χ4v) is 4.74. The van der Waals surface area contributed by atoms with E-state index in [1.165, 1.54) is 17.9 Å². The number of carbonyl (C=O) groups excluding carboxylic acids is 2. The van der Waals surface area contributed by atoms with Crippen LogP contribution in [0.15, 0.2) is 36.5 Å². The Hall–Kier alpha value is -3.50. The molecule has 0 spiro atoms. The Kier molecular flexibility index (Phi) is 6.77. The van der Waals surface area contributed by atoms with Crippen molar-refractivity contribution in [2.24, 2.45) is 11.7 Å². The number of carboxylic acid groups (broad SMARTS) is 1. The largest absolute Gasteiger partial charge is 0.480 e. The van der Waals surface area contributed by atoms with Crippen LogP contribution in [0.1, 0.15) is 35.7 Å². The highest BCUT2D eigenvalue weighted by molar-refractivity contribution is 6.30. The molecule has 1 saturated heterocycles. The molecule has 0 bridgehead atoms. The number of carbonyl (C=O) groups is 3. The lowest BCUT2D eigenvalue weighted by molar-refractivity contribution is -0.149. The van der Waals surface area contributed by atoms with Crippen LogP contribution >= 0.6 is 11.6 Å². The summed E-state index contributed by atoms with van der Waals surface area (Å²) in [7, 11) is 0. The van der Waals surface area contributed by atoms with Gasteiger partial charge in [-0.3, -0.25) is 9.59 Å². The molecular formula is C24H25ClFN5O4. The average Bonchev–Trinajstić information content (AvgIpc) is 3.32. The van der Waals surface area contributed by atoms with E-state index in [0.29, 0.717) is 40.3 Å². The number of anilines is 1. The number of nitrogens with zero attached hydrogens (tertiary/aromatic N) is 3. The number of rotatable bonds is 5. The fraction of sp³-hybridized carbons (Fsp3) is 0.333. The molecule has 5 rings (SSSR count). The molecule has 1 aliphatic heterocycles. The summed E-state index contributed by atoms with van der Waals surface area (Å²) in [5.41, 5.74) is 12.3. The van der Waals surface area contributed by atoms with Gasteiger partial charge in [-0.2, -0.15) is 0 Å². The molecule has 1 aromatic carbocycles. The second kappa shape index (κ2) is 9.63. The number of hydrogen-bond donors (Lipinski definition) is 3. The Morgan fingerprint density at radius 3 is 2.60 bits per heavy atom. The molecule has 35 heavy (non-hydrogen) atoms. The molecule has 1 aliphatic carbocycles. The van der Waals surface area contributed by atoms with E-state index in [9.17, 15) is 23.9 Å². The highest BCUT2D eigenvalue weighted by Gasteiger charge is 2.56. The molecule has 2 fully saturated rings. The van der Waals surface area contributed by atoms with Crippen molar-refractivity contribution < 1.29 is 23.9 Å². The van der Waals surface area contributed by atoms with Crippen molar-refractivity contribution in [3.8, 4) is 0 Å². The third kappa shape index (κ3) is 4.85. The zero-order valence-electron chi connectivity index (χ0n) is 18.9. The van der Waals surface area contributed by atoms with E-state index in [-0.39, 0.29) is 35.8 Å². The molecule has 11 heteroatoms. The number of nitrogens with two attached hydrogens (primary N) is 2. The quantitative estimate of drug-likeness (QED) is 0.456. The van der Waals surface area contributed by atoms with E-state index >= 15 is 0 Å². The lowest BCUT2D eigenvalue weighted by Gasteiger charge is -2.24. The molecule has 0 radical (unpaired) electrons. The van der Waals surface area contributed by atoms with Gasteiger partial charge in [-0.05, 0) is 43.9 Å². The van der Waals surface area contributed by atoms with Crippen molar-refractivity contribution in [3.05, 3.63) is 58.5 Å². The lowest BCUT2D eigenvalue weighted by Crippen LogP contribution is -2.44. The predicted octanol–water partition coefficient (Wildman–Crippen LogP) is 2.83. The number of aliphatic carboxylic acids is 1. The Morgan fingerprint density at radius 1 is 1.23 bits per heavy atom. The number of fused-ring (bicyclic) bond motifs is 2. The summed E-state index contributed by atoms with van der Waals surface area (Å²) in [5, 5.41) is 10.1. The Labute approximate surface area is 205 Å². The van der Waals surface area contributed by atoms with Crippen molar-refractivity contribution >= 4 is 46.1 Å². The number of aromatic nitrogens is 2. The van der Waals surface area contributed by atoms with Crippen LogP contribution in [-0.2, 0) is 22.7 Å². The van der Waals surface area contributed by atoms with Gasteiger partial charge in [-0.15, -0.1) is 0 Å². The number of halogens is 2. The smallest absolute Gasteiger partial charge is 0.326 e. The third-order valence-corrected chi connectivity index (χ3v) is 6.65. The molecule has 5 N–H and O–H groups in total. The van der Waals surface area contributed by atoms with Gasteiger partial charge in [-0.1, -0.05) is 23.7 Å². The van der Waals surface area contributed by atoms with Gasteiger partial charge < -0.3 is 26.0 Å². The number of nitrogen functional groups attached to an aromatic ring is 1. The van der Waals surface area contributed by atoms with Crippen LogP contribution in [0, 0.1) is 11.7 Å². The standard InChI is InChI=1S/C17H18N4O4.C7H7ClFN/c1-8(22)11-6-20(16-10(11)2-3-14(18)19-16)7-15(23)21-12-4-9(12)5-13(21)17(24)25;8-6-3-1-2-5(4-10)7(6)9/h2-3,6,9,12-13H,4-5,7H2,1H3,(H2,18,19)(H,24,25);1-3H,4,10H2/t9-,12-,13+;/m1./s1. The second-order valence-corrected chi connectivity index (χ2v) is 9.11. The highest BCUT2D eigenvalue weighted by Crippen LogP contribution is 2.48. The average molecular weight is 502 g/mol. The number of likely N-dealkylation sites (tertiary alicyclic amines) is 1. The summed E-state index contributed by atoms with van der Waals surface area (Å²) < 4.78 is 14.4. The van der Waals surface area contributed by atoms with E-state index in [4.69, 9.17) is 23.1 Å². The minimum absolute atomic E-state index is 0.0285. The molecule has 2 aromatic heterocycles. The Morgan fingerprint density at radius 2 is 1.97 bits per heavy atom. The number of benzene rings is 1. The molecule has 2 aliphatic rings. The van der Waals surface area contributed by atoms with Gasteiger partial charge in [0.15, 0.2) is 5.78 Å². The summed E-state index contributed by atoms with van der Waals surface area (Å²) in [4.78, 5) is 41.8. The van der Waals surface area contributed by atoms with Gasteiger partial charge in [0.25, 0.3) is 0 Å². The Bertz CT molecular complexity index is 1330. The predicted molar refractivity (Wildman–Crippen MR) is 128 cm³/mol. The van der Waals surface area contributed by atoms with Gasteiger partial charge >= 0.3 is 5.97 Å². The van der Waals surface area contributed by atoms with E-state index in [1.54, 1.807) is 35.0 Å². The second-order valence-electron chi connectivity index (χ2n) is 8.71. The van der Waals surface area contributed by atoms with Crippen molar-refractivity contribution in [1.82, 2.24) is 14.5 Å². The molecule has 184 valence electrons. The lowest BCUT2D eigenvalue weighted by atomic mass is 10.1. The maximum absolute atomic E-state index is 12.8. The van der Waals surface area contributed by atoms with E-state index in [1.807, 2.05) is 0 Å². The van der Waals surface area contributed by atoms with Crippen molar-refractivity contribution in [3.63, 3.8) is 0 Å². The topological polar surface area (TPSA) is 145 Å². The van der Waals surface area contributed by atoms with Crippen LogP contribution in [0.3, 0.4) is 0 Å². The molecule has 3 heterocycles. The normalized spacial score (nSPS) is 20.2. The van der Waals surface area contributed by atoms with Gasteiger partial charge in [-0.25, -0.2) is 14.2 Å². The van der Waals surface area contributed by atoms with Crippen LogP contribution in [0.5, 0.6) is 0 Å². The number of pyridine rings is 1. The van der Waals surface area contributed by atoms with E-state index < -0.39 is 17.8 Å². The van der Waals surface area contributed by atoms with Crippen LogP contribution in [-0.4, -0.2) is 49.3 Å². The minimum Gasteiger partial charge on any atom is -0.480 e. The van der Waals surface area contributed by atoms with Crippen molar-refractivity contribution in [2.45, 2.75) is 44.9 Å². The molecule has 3 atom stereocenters. The molecular weight excluding hydrogens is 477 g/mol. The van der Waals surface area contributed by atoms with Gasteiger partial charge in [0.05, 0.1) is 5.02 Å². The number of carboxylic acids is 1. The highest BCUT2D eigenvalue weighted by atomic mass is 35.5. The summed E-state index contributed by atoms with van der Waals surface area (Å²) >= 11 is 5.46. The maximum Gasteiger partial charge on any atom is 0.326 e. The molecule has 9 nitrogen and oxygen atoms in total. The van der Waals surface area contributed by atoms with Crippen molar-refractivity contribution in [2.75, 3.05) is 5.73 Å².